The fraction of sp³-hybridized carbons (Fsp3) is 0.105. The summed E-state index contributed by atoms with van der Waals surface area (Å²) >= 11 is 6.15. The lowest BCUT2D eigenvalue weighted by Crippen LogP contribution is -2.06. The van der Waals surface area contributed by atoms with Gasteiger partial charge >= 0.3 is 0 Å². The lowest BCUT2D eigenvalue weighted by Gasteiger charge is -2.11. The Labute approximate surface area is 165 Å². The van der Waals surface area contributed by atoms with Crippen LogP contribution in [-0.4, -0.2) is 23.0 Å². The Morgan fingerprint density at radius 1 is 1.14 bits per heavy atom. The molecule has 0 fully saturated rings. The Hall–Kier alpha value is -3.39. The molecule has 0 aliphatic carbocycles. The van der Waals surface area contributed by atoms with Crippen molar-refractivity contribution < 1.29 is 13.9 Å². The SMILES string of the molecule is COc1cccc(Nc2nc(Nc3ccc(NC(C)=O)c(Cl)c3)ncc2F)c1. The summed E-state index contributed by atoms with van der Waals surface area (Å²) in [6.07, 6.45) is 1.06. The molecule has 0 aliphatic rings. The van der Waals surface area contributed by atoms with Crippen molar-refractivity contribution in [2.24, 2.45) is 0 Å². The van der Waals surface area contributed by atoms with Gasteiger partial charge in [-0.3, -0.25) is 4.79 Å². The van der Waals surface area contributed by atoms with Crippen LogP contribution in [0.15, 0.2) is 48.7 Å². The number of halogens is 2. The fourth-order valence-corrected chi connectivity index (χ4v) is 2.59. The number of nitrogens with one attached hydrogen (secondary N) is 3. The molecule has 0 aliphatic heterocycles. The number of hydrogen-bond acceptors (Lipinski definition) is 6. The molecule has 0 bridgehead atoms. The van der Waals surface area contributed by atoms with E-state index in [1.165, 1.54) is 6.92 Å². The topological polar surface area (TPSA) is 88.2 Å². The molecule has 28 heavy (non-hydrogen) atoms. The van der Waals surface area contributed by atoms with Crippen molar-refractivity contribution in [3.63, 3.8) is 0 Å². The average Bonchev–Trinajstić information content (AvgIpc) is 2.66. The lowest BCUT2D eigenvalue weighted by molar-refractivity contribution is -0.114. The minimum absolute atomic E-state index is 0.00622. The van der Waals surface area contributed by atoms with Crippen LogP contribution in [0.4, 0.5) is 33.2 Å². The molecule has 3 rings (SSSR count). The predicted octanol–water partition coefficient (Wildman–Crippen LogP) is 4.72. The van der Waals surface area contributed by atoms with Crippen LogP contribution in [0.1, 0.15) is 6.92 Å². The standard InChI is InChI=1S/C19H17ClFN5O2/c1-11(27)23-17-7-6-13(9-15(17)20)25-19-22-10-16(21)18(26-19)24-12-4-3-5-14(8-12)28-2/h3-10H,1-2H3,(H,23,27)(H2,22,24,25,26). The van der Waals surface area contributed by atoms with Gasteiger partial charge in [-0.05, 0) is 30.3 Å². The second kappa shape index (κ2) is 8.53. The second-order valence-corrected chi connectivity index (χ2v) is 6.16. The summed E-state index contributed by atoms with van der Waals surface area (Å²) in [6, 6.07) is 12.0. The van der Waals surface area contributed by atoms with E-state index in [-0.39, 0.29) is 17.7 Å². The summed E-state index contributed by atoms with van der Waals surface area (Å²) in [5.41, 5.74) is 1.68. The maximum atomic E-state index is 14.1. The van der Waals surface area contributed by atoms with Crippen LogP contribution in [0, 0.1) is 5.82 Å². The summed E-state index contributed by atoms with van der Waals surface area (Å²) in [4.78, 5) is 19.2. The van der Waals surface area contributed by atoms with Gasteiger partial charge in [0.2, 0.25) is 11.9 Å². The van der Waals surface area contributed by atoms with Gasteiger partial charge in [0.1, 0.15) is 5.75 Å². The molecule has 0 saturated carbocycles. The van der Waals surface area contributed by atoms with Gasteiger partial charge in [0.25, 0.3) is 0 Å². The minimum Gasteiger partial charge on any atom is -0.497 e. The quantitative estimate of drug-likeness (QED) is 0.553. The molecule has 144 valence electrons. The Morgan fingerprint density at radius 3 is 2.64 bits per heavy atom. The molecule has 0 atom stereocenters. The zero-order valence-corrected chi connectivity index (χ0v) is 15.8. The van der Waals surface area contributed by atoms with E-state index in [4.69, 9.17) is 16.3 Å². The highest BCUT2D eigenvalue weighted by molar-refractivity contribution is 6.34. The molecule has 1 amide bonds. The normalized spacial score (nSPS) is 10.3. The van der Waals surface area contributed by atoms with E-state index in [9.17, 15) is 9.18 Å². The van der Waals surface area contributed by atoms with Gasteiger partial charge in [-0.25, -0.2) is 9.37 Å². The number of methoxy groups -OCH3 is 1. The maximum Gasteiger partial charge on any atom is 0.229 e. The first-order valence-electron chi connectivity index (χ1n) is 8.22. The molecule has 0 radical (unpaired) electrons. The van der Waals surface area contributed by atoms with Crippen molar-refractivity contribution in [1.29, 1.82) is 0 Å². The van der Waals surface area contributed by atoms with Gasteiger partial charge < -0.3 is 20.7 Å². The van der Waals surface area contributed by atoms with Gasteiger partial charge in [0.15, 0.2) is 11.6 Å². The molecule has 0 spiro atoms. The highest BCUT2D eigenvalue weighted by atomic mass is 35.5. The molecular weight excluding hydrogens is 385 g/mol. The lowest BCUT2D eigenvalue weighted by atomic mass is 10.2. The molecule has 9 heteroatoms. The van der Waals surface area contributed by atoms with Crippen molar-refractivity contribution in [2.45, 2.75) is 6.92 Å². The van der Waals surface area contributed by atoms with Crippen LogP contribution in [0.2, 0.25) is 5.02 Å². The first-order valence-corrected chi connectivity index (χ1v) is 8.60. The molecule has 1 aromatic heterocycles. The smallest absolute Gasteiger partial charge is 0.229 e. The molecular formula is C19H17ClFN5O2. The summed E-state index contributed by atoms with van der Waals surface area (Å²) in [7, 11) is 1.55. The van der Waals surface area contributed by atoms with E-state index in [0.29, 0.717) is 27.8 Å². The number of hydrogen-bond donors (Lipinski definition) is 3. The molecule has 1 heterocycles. The van der Waals surface area contributed by atoms with Gasteiger partial charge in [0.05, 0.1) is 24.0 Å². The van der Waals surface area contributed by atoms with E-state index < -0.39 is 5.82 Å². The van der Waals surface area contributed by atoms with Crippen LogP contribution >= 0.6 is 11.6 Å². The number of amides is 1. The van der Waals surface area contributed by atoms with Crippen LogP contribution in [0.3, 0.4) is 0 Å². The van der Waals surface area contributed by atoms with Gasteiger partial charge in [-0.1, -0.05) is 17.7 Å². The number of carbonyl (C=O) groups excluding carboxylic acids is 1. The fourth-order valence-electron chi connectivity index (χ4n) is 2.37. The first-order chi connectivity index (χ1) is 13.4. The van der Waals surface area contributed by atoms with Crippen molar-refractivity contribution in [1.82, 2.24) is 9.97 Å². The highest BCUT2D eigenvalue weighted by Crippen LogP contribution is 2.27. The third-order valence-electron chi connectivity index (χ3n) is 3.61. The van der Waals surface area contributed by atoms with Crippen LogP contribution in [-0.2, 0) is 4.79 Å². The van der Waals surface area contributed by atoms with Crippen molar-refractivity contribution >= 4 is 46.3 Å². The van der Waals surface area contributed by atoms with Crippen LogP contribution in [0.5, 0.6) is 5.75 Å². The van der Waals surface area contributed by atoms with Gasteiger partial charge in [-0.15, -0.1) is 0 Å². The number of nitrogens with zero attached hydrogens (tertiary/aromatic N) is 2. The van der Waals surface area contributed by atoms with E-state index >= 15 is 0 Å². The summed E-state index contributed by atoms with van der Waals surface area (Å²) in [6.45, 7) is 1.39. The number of carbonyl (C=O) groups is 1. The maximum absolute atomic E-state index is 14.1. The number of aromatic nitrogens is 2. The van der Waals surface area contributed by atoms with Crippen LogP contribution < -0.4 is 20.7 Å². The van der Waals surface area contributed by atoms with E-state index in [1.807, 2.05) is 0 Å². The zero-order chi connectivity index (χ0) is 20.1. The summed E-state index contributed by atoms with van der Waals surface area (Å²) in [5, 5.41) is 8.81. The highest BCUT2D eigenvalue weighted by Gasteiger charge is 2.10. The molecule has 0 saturated heterocycles. The molecule has 3 aromatic rings. The molecule has 3 N–H and O–H groups in total. The number of rotatable bonds is 6. The number of ether oxygens (including phenoxy) is 1. The number of anilines is 5. The summed E-state index contributed by atoms with van der Waals surface area (Å²) < 4.78 is 19.3. The molecule has 2 aromatic carbocycles. The summed E-state index contributed by atoms with van der Waals surface area (Å²) in [5.74, 6) is -0.0151. The van der Waals surface area contributed by atoms with E-state index in [0.717, 1.165) is 6.20 Å². The van der Waals surface area contributed by atoms with Gasteiger partial charge in [-0.2, -0.15) is 4.98 Å². The number of benzene rings is 2. The monoisotopic (exact) mass is 401 g/mol. The van der Waals surface area contributed by atoms with Crippen molar-refractivity contribution in [2.75, 3.05) is 23.1 Å². The largest absolute Gasteiger partial charge is 0.497 e. The zero-order valence-electron chi connectivity index (χ0n) is 15.1. The molecule has 7 nitrogen and oxygen atoms in total. The first kappa shape index (κ1) is 19.4. The Bertz CT molecular complexity index is 1020. The van der Waals surface area contributed by atoms with Gasteiger partial charge in [0, 0.05) is 24.4 Å². The average molecular weight is 402 g/mol. The van der Waals surface area contributed by atoms with Crippen molar-refractivity contribution in [3.8, 4) is 5.75 Å². The third-order valence-corrected chi connectivity index (χ3v) is 3.93. The minimum atomic E-state index is -0.604. The third kappa shape index (κ3) is 4.86. The van der Waals surface area contributed by atoms with Crippen molar-refractivity contribution in [3.05, 3.63) is 59.5 Å². The molecule has 0 unspecified atom stereocenters. The van der Waals surface area contributed by atoms with E-state index in [2.05, 4.69) is 25.9 Å². The van der Waals surface area contributed by atoms with E-state index in [1.54, 1.807) is 49.6 Å². The van der Waals surface area contributed by atoms with Crippen LogP contribution in [0.25, 0.3) is 0 Å². The second-order valence-electron chi connectivity index (χ2n) is 5.75. The predicted molar refractivity (Wildman–Crippen MR) is 107 cm³/mol. The Kier molecular flexibility index (Phi) is 5.90. The Balaban J connectivity index is 1.79. The Morgan fingerprint density at radius 2 is 1.93 bits per heavy atom.